The summed E-state index contributed by atoms with van der Waals surface area (Å²) in [5.41, 5.74) is 0. The van der Waals surface area contributed by atoms with Crippen LogP contribution in [0.5, 0.6) is 0 Å². The molecule has 2 fully saturated rings. The minimum absolute atomic E-state index is 0.890. The van der Waals surface area contributed by atoms with E-state index in [0.29, 0.717) is 0 Å². The van der Waals surface area contributed by atoms with Crippen molar-refractivity contribution >= 4 is 0 Å². The van der Waals surface area contributed by atoms with E-state index in [-0.39, 0.29) is 0 Å². The molecule has 1 aliphatic carbocycles. The van der Waals surface area contributed by atoms with Crippen molar-refractivity contribution in [2.24, 2.45) is 11.8 Å². The zero-order chi connectivity index (χ0) is 13.5. The van der Waals surface area contributed by atoms with Gasteiger partial charge in [-0.1, -0.05) is 26.7 Å². The van der Waals surface area contributed by atoms with Crippen molar-refractivity contribution in [1.82, 2.24) is 10.2 Å². The summed E-state index contributed by atoms with van der Waals surface area (Å²) in [5, 5.41) is 3.60. The quantitative estimate of drug-likeness (QED) is 0.641. The van der Waals surface area contributed by atoms with Gasteiger partial charge in [-0.25, -0.2) is 0 Å². The summed E-state index contributed by atoms with van der Waals surface area (Å²) in [4.78, 5) is 2.70. The first kappa shape index (κ1) is 15.3. The monoisotopic (exact) mass is 266 g/mol. The zero-order valence-corrected chi connectivity index (χ0v) is 13.2. The third-order valence-corrected chi connectivity index (χ3v) is 4.99. The molecule has 2 nitrogen and oxygen atoms in total. The molecule has 19 heavy (non-hydrogen) atoms. The Bertz CT molecular complexity index is 227. The van der Waals surface area contributed by atoms with Gasteiger partial charge >= 0.3 is 0 Å². The Morgan fingerprint density at radius 3 is 2.26 bits per heavy atom. The van der Waals surface area contributed by atoms with Gasteiger partial charge in [-0.05, 0) is 76.5 Å². The van der Waals surface area contributed by atoms with E-state index in [4.69, 9.17) is 0 Å². The summed E-state index contributed by atoms with van der Waals surface area (Å²) < 4.78 is 0. The SMILES string of the molecule is CC(C)C1CCN(CCCCCCNC2CC2)CC1. The van der Waals surface area contributed by atoms with Gasteiger partial charge in [0.2, 0.25) is 0 Å². The maximum Gasteiger partial charge on any atom is 0.00682 e. The number of nitrogens with zero attached hydrogens (tertiary/aromatic N) is 1. The molecule has 0 amide bonds. The van der Waals surface area contributed by atoms with Crippen molar-refractivity contribution in [2.75, 3.05) is 26.2 Å². The molecule has 2 rings (SSSR count). The Hall–Kier alpha value is -0.0800. The van der Waals surface area contributed by atoms with E-state index >= 15 is 0 Å². The van der Waals surface area contributed by atoms with Gasteiger partial charge < -0.3 is 10.2 Å². The van der Waals surface area contributed by atoms with Crippen LogP contribution in [0.4, 0.5) is 0 Å². The second-order valence-electron chi connectivity index (χ2n) is 7.07. The minimum Gasteiger partial charge on any atom is -0.314 e. The Kier molecular flexibility index (Phi) is 6.66. The lowest BCUT2D eigenvalue weighted by molar-refractivity contribution is 0.155. The van der Waals surface area contributed by atoms with E-state index in [9.17, 15) is 0 Å². The van der Waals surface area contributed by atoms with Gasteiger partial charge in [-0.3, -0.25) is 0 Å². The summed E-state index contributed by atoms with van der Waals surface area (Å²) in [6.07, 6.45) is 11.4. The van der Waals surface area contributed by atoms with Gasteiger partial charge in [-0.15, -0.1) is 0 Å². The minimum atomic E-state index is 0.890. The van der Waals surface area contributed by atoms with E-state index in [2.05, 4.69) is 24.1 Å². The van der Waals surface area contributed by atoms with Crippen LogP contribution in [0.25, 0.3) is 0 Å². The van der Waals surface area contributed by atoms with Crippen LogP contribution < -0.4 is 5.32 Å². The Balaban J connectivity index is 1.39. The van der Waals surface area contributed by atoms with E-state index in [1.807, 2.05) is 0 Å². The standard InChI is InChI=1S/C17H34N2/c1-15(2)16-9-13-19(14-10-16)12-6-4-3-5-11-18-17-7-8-17/h15-18H,3-14H2,1-2H3. The second-order valence-corrected chi connectivity index (χ2v) is 7.07. The van der Waals surface area contributed by atoms with Gasteiger partial charge in [0.15, 0.2) is 0 Å². The highest BCUT2D eigenvalue weighted by Crippen LogP contribution is 2.24. The van der Waals surface area contributed by atoms with Crippen molar-refractivity contribution in [1.29, 1.82) is 0 Å². The Labute approximate surface area is 120 Å². The highest BCUT2D eigenvalue weighted by molar-refractivity contribution is 4.80. The maximum absolute atomic E-state index is 3.60. The van der Waals surface area contributed by atoms with Crippen LogP contribution in [0.1, 0.15) is 65.2 Å². The molecule has 0 bridgehead atoms. The predicted molar refractivity (Wildman–Crippen MR) is 83.5 cm³/mol. The van der Waals surface area contributed by atoms with Crippen LogP contribution in [0.15, 0.2) is 0 Å². The largest absolute Gasteiger partial charge is 0.314 e. The number of unbranched alkanes of at least 4 members (excludes halogenated alkanes) is 3. The summed E-state index contributed by atoms with van der Waals surface area (Å²) >= 11 is 0. The molecule has 1 saturated heterocycles. The van der Waals surface area contributed by atoms with Gasteiger partial charge in [0.05, 0.1) is 0 Å². The first-order valence-corrected chi connectivity index (χ1v) is 8.71. The molecule has 0 atom stereocenters. The fourth-order valence-corrected chi connectivity index (χ4v) is 3.25. The fourth-order valence-electron chi connectivity index (χ4n) is 3.25. The number of hydrogen-bond acceptors (Lipinski definition) is 2. The summed E-state index contributed by atoms with van der Waals surface area (Å²) in [7, 11) is 0. The Morgan fingerprint density at radius 1 is 0.947 bits per heavy atom. The maximum atomic E-state index is 3.60. The van der Waals surface area contributed by atoms with Crippen LogP contribution in [0, 0.1) is 11.8 Å². The Morgan fingerprint density at radius 2 is 1.63 bits per heavy atom. The topological polar surface area (TPSA) is 15.3 Å². The molecule has 112 valence electrons. The lowest BCUT2D eigenvalue weighted by atomic mass is 9.87. The van der Waals surface area contributed by atoms with E-state index in [1.54, 1.807) is 0 Å². The number of rotatable bonds is 9. The molecule has 0 radical (unpaired) electrons. The number of hydrogen-bond donors (Lipinski definition) is 1. The molecule has 2 aliphatic rings. The smallest absolute Gasteiger partial charge is 0.00682 e. The average Bonchev–Trinajstić information content (AvgIpc) is 3.22. The van der Waals surface area contributed by atoms with Crippen LogP contribution in [0.3, 0.4) is 0 Å². The summed E-state index contributed by atoms with van der Waals surface area (Å²) in [5.74, 6) is 1.88. The predicted octanol–water partition coefficient (Wildman–Crippen LogP) is 3.67. The number of likely N-dealkylation sites (tertiary alicyclic amines) is 1. The van der Waals surface area contributed by atoms with Crippen molar-refractivity contribution in [3.05, 3.63) is 0 Å². The molecular formula is C17H34N2. The molecule has 1 saturated carbocycles. The first-order valence-electron chi connectivity index (χ1n) is 8.71. The number of nitrogens with one attached hydrogen (secondary N) is 1. The molecule has 0 aromatic heterocycles. The zero-order valence-electron chi connectivity index (χ0n) is 13.2. The molecule has 1 heterocycles. The second kappa shape index (κ2) is 8.26. The molecule has 1 N–H and O–H groups in total. The van der Waals surface area contributed by atoms with Crippen molar-refractivity contribution in [3.63, 3.8) is 0 Å². The average molecular weight is 266 g/mol. The van der Waals surface area contributed by atoms with Crippen molar-refractivity contribution in [3.8, 4) is 0 Å². The van der Waals surface area contributed by atoms with Crippen molar-refractivity contribution in [2.45, 2.75) is 71.3 Å². The fraction of sp³-hybridized carbons (Fsp3) is 1.00. The number of piperidine rings is 1. The highest BCUT2D eigenvalue weighted by atomic mass is 15.1. The van der Waals surface area contributed by atoms with Crippen LogP contribution in [-0.2, 0) is 0 Å². The molecule has 0 spiro atoms. The lowest BCUT2D eigenvalue weighted by Gasteiger charge is -2.33. The van der Waals surface area contributed by atoms with Gasteiger partial charge in [0, 0.05) is 6.04 Å². The normalized spacial score (nSPS) is 22.3. The third kappa shape index (κ3) is 6.27. The van der Waals surface area contributed by atoms with Crippen molar-refractivity contribution < 1.29 is 0 Å². The summed E-state index contributed by atoms with van der Waals surface area (Å²) in [6, 6.07) is 0.891. The first-order chi connectivity index (χ1) is 9.25. The van der Waals surface area contributed by atoms with E-state index in [1.165, 1.54) is 77.5 Å². The van der Waals surface area contributed by atoms with E-state index < -0.39 is 0 Å². The van der Waals surface area contributed by atoms with Gasteiger partial charge in [-0.2, -0.15) is 0 Å². The summed E-state index contributed by atoms with van der Waals surface area (Å²) in [6.45, 7) is 10.1. The molecule has 0 unspecified atom stereocenters. The highest BCUT2D eigenvalue weighted by Gasteiger charge is 2.21. The van der Waals surface area contributed by atoms with E-state index in [0.717, 1.165) is 17.9 Å². The van der Waals surface area contributed by atoms with Crippen LogP contribution >= 0.6 is 0 Å². The molecule has 0 aromatic carbocycles. The van der Waals surface area contributed by atoms with Gasteiger partial charge in [0.1, 0.15) is 0 Å². The molecule has 2 heteroatoms. The molecule has 1 aliphatic heterocycles. The molecular weight excluding hydrogens is 232 g/mol. The van der Waals surface area contributed by atoms with Crippen LogP contribution in [0.2, 0.25) is 0 Å². The third-order valence-electron chi connectivity index (χ3n) is 4.99. The lowest BCUT2D eigenvalue weighted by Crippen LogP contribution is -2.35. The van der Waals surface area contributed by atoms with Crippen LogP contribution in [-0.4, -0.2) is 37.1 Å². The molecule has 0 aromatic rings. The van der Waals surface area contributed by atoms with Gasteiger partial charge in [0.25, 0.3) is 0 Å².